The van der Waals surface area contributed by atoms with Crippen molar-refractivity contribution >= 4 is 5.69 Å². The Bertz CT molecular complexity index is 380. The Morgan fingerprint density at radius 3 is 2.30 bits per heavy atom. The molecule has 1 aliphatic heterocycles. The lowest BCUT2D eigenvalue weighted by Gasteiger charge is -2.30. The van der Waals surface area contributed by atoms with Crippen LogP contribution in [0.5, 0.6) is 0 Å². The topological polar surface area (TPSA) is 32.5 Å². The van der Waals surface area contributed by atoms with Crippen molar-refractivity contribution in [2.75, 3.05) is 45.2 Å². The van der Waals surface area contributed by atoms with Crippen LogP contribution in [0, 0.1) is 5.92 Å². The van der Waals surface area contributed by atoms with Crippen LogP contribution >= 0.6 is 0 Å². The van der Waals surface area contributed by atoms with Gasteiger partial charge in [0.2, 0.25) is 0 Å². The van der Waals surface area contributed by atoms with Crippen LogP contribution in [0.15, 0.2) is 24.3 Å². The van der Waals surface area contributed by atoms with E-state index in [-0.39, 0.29) is 0 Å². The van der Waals surface area contributed by atoms with E-state index in [0.717, 1.165) is 19.5 Å². The van der Waals surface area contributed by atoms with Gasteiger partial charge in [-0.05, 0) is 62.5 Å². The van der Waals surface area contributed by atoms with Gasteiger partial charge in [0.05, 0.1) is 0 Å². The molecule has 3 nitrogen and oxygen atoms in total. The van der Waals surface area contributed by atoms with Gasteiger partial charge in [-0.15, -0.1) is 0 Å². The minimum absolute atomic E-state index is 0.582. The number of benzene rings is 1. The van der Waals surface area contributed by atoms with Gasteiger partial charge in [0.15, 0.2) is 0 Å². The summed E-state index contributed by atoms with van der Waals surface area (Å²) in [6.45, 7) is 4.46. The molecule has 0 radical (unpaired) electrons. The third-order valence-corrected chi connectivity index (χ3v) is 4.28. The first-order chi connectivity index (χ1) is 9.69. The molecule has 0 aliphatic carbocycles. The van der Waals surface area contributed by atoms with E-state index < -0.39 is 0 Å². The highest BCUT2D eigenvalue weighted by atomic mass is 15.1. The SMILES string of the molecule is CN(C)c1ccc(CC(CN)CN2CCCCC2)cc1. The van der Waals surface area contributed by atoms with Crippen LogP contribution in [0.2, 0.25) is 0 Å². The normalized spacial score (nSPS) is 17.9. The average Bonchev–Trinajstić information content (AvgIpc) is 2.48. The molecule has 1 atom stereocenters. The molecule has 0 amide bonds. The largest absolute Gasteiger partial charge is 0.378 e. The Morgan fingerprint density at radius 2 is 1.75 bits per heavy atom. The summed E-state index contributed by atoms with van der Waals surface area (Å²) < 4.78 is 0. The van der Waals surface area contributed by atoms with Gasteiger partial charge in [-0.3, -0.25) is 0 Å². The first-order valence-corrected chi connectivity index (χ1v) is 7.87. The molecule has 0 spiro atoms. The highest BCUT2D eigenvalue weighted by Gasteiger charge is 2.16. The number of anilines is 1. The zero-order valence-corrected chi connectivity index (χ0v) is 13.0. The van der Waals surface area contributed by atoms with Gasteiger partial charge in [0.25, 0.3) is 0 Å². The molecule has 0 aromatic heterocycles. The van der Waals surface area contributed by atoms with Crippen LogP contribution in [0.25, 0.3) is 0 Å². The van der Waals surface area contributed by atoms with Crippen LogP contribution < -0.4 is 10.6 Å². The third kappa shape index (κ3) is 4.50. The van der Waals surface area contributed by atoms with E-state index in [0.29, 0.717) is 5.92 Å². The van der Waals surface area contributed by atoms with Gasteiger partial charge in [-0.1, -0.05) is 18.6 Å². The summed E-state index contributed by atoms with van der Waals surface area (Å²) in [7, 11) is 4.15. The predicted molar refractivity (Wildman–Crippen MR) is 87.3 cm³/mol. The molecule has 0 saturated carbocycles. The number of hydrogen-bond acceptors (Lipinski definition) is 3. The summed E-state index contributed by atoms with van der Waals surface area (Å²) in [6.07, 6.45) is 5.21. The van der Waals surface area contributed by atoms with Crippen molar-refractivity contribution in [3.8, 4) is 0 Å². The second-order valence-electron chi connectivity index (χ2n) is 6.23. The second kappa shape index (κ2) is 7.65. The highest BCUT2D eigenvalue weighted by Crippen LogP contribution is 2.17. The summed E-state index contributed by atoms with van der Waals surface area (Å²) in [6, 6.07) is 8.88. The van der Waals surface area contributed by atoms with Crippen molar-refractivity contribution in [3.63, 3.8) is 0 Å². The number of likely N-dealkylation sites (tertiary alicyclic amines) is 1. The van der Waals surface area contributed by atoms with Crippen molar-refractivity contribution in [3.05, 3.63) is 29.8 Å². The Kier molecular flexibility index (Phi) is 5.86. The second-order valence-corrected chi connectivity index (χ2v) is 6.23. The van der Waals surface area contributed by atoms with Crippen molar-refractivity contribution in [1.82, 2.24) is 4.90 Å². The number of nitrogens with zero attached hydrogens (tertiary/aromatic N) is 2. The molecule has 1 heterocycles. The summed E-state index contributed by atoms with van der Waals surface area (Å²) >= 11 is 0. The monoisotopic (exact) mass is 275 g/mol. The number of rotatable bonds is 6. The lowest BCUT2D eigenvalue weighted by Crippen LogP contribution is -2.37. The Balaban J connectivity index is 1.88. The molecular formula is C17H29N3. The van der Waals surface area contributed by atoms with Crippen molar-refractivity contribution < 1.29 is 0 Å². The minimum atomic E-state index is 0.582. The summed E-state index contributed by atoms with van der Waals surface area (Å²) in [4.78, 5) is 4.73. The standard InChI is InChI=1S/C17H29N3/c1-19(2)17-8-6-15(7-9-17)12-16(13-18)14-20-10-4-3-5-11-20/h6-9,16H,3-5,10-14,18H2,1-2H3. The van der Waals surface area contributed by atoms with Gasteiger partial charge in [-0.25, -0.2) is 0 Å². The molecule has 1 aromatic carbocycles. The lowest BCUT2D eigenvalue weighted by molar-refractivity contribution is 0.196. The van der Waals surface area contributed by atoms with E-state index in [1.165, 1.54) is 43.6 Å². The van der Waals surface area contributed by atoms with Crippen LogP contribution in [-0.2, 0) is 6.42 Å². The minimum Gasteiger partial charge on any atom is -0.378 e. The van der Waals surface area contributed by atoms with E-state index in [2.05, 4.69) is 48.2 Å². The quantitative estimate of drug-likeness (QED) is 0.865. The van der Waals surface area contributed by atoms with Crippen molar-refractivity contribution in [2.45, 2.75) is 25.7 Å². The van der Waals surface area contributed by atoms with E-state index in [1.54, 1.807) is 0 Å². The van der Waals surface area contributed by atoms with Crippen LogP contribution in [0.4, 0.5) is 5.69 Å². The van der Waals surface area contributed by atoms with E-state index in [9.17, 15) is 0 Å². The van der Waals surface area contributed by atoms with Gasteiger partial charge in [0, 0.05) is 26.3 Å². The first kappa shape index (κ1) is 15.3. The zero-order valence-electron chi connectivity index (χ0n) is 13.0. The molecule has 20 heavy (non-hydrogen) atoms. The number of piperidine rings is 1. The van der Waals surface area contributed by atoms with Crippen LogP contribution in [0.3, 0.4) is 0 Å². The maximum atomic E-state index is 5.98. The Labute approximate surface area is 123 Å². The molecule has 2 N–H and O–H groups in total. The van der Waals surface area contributed by atoms with Gasteiger partial charge in [-0.2, -0.15) is 0 Å². The molecule has 0 bridgehead atoms. The van der Waals surface area contributed by atoms with Crippen molar-refractivity contribution in [2.24, 2.45) is 11.7 Å². The fraction of sp³-hybridized carbons (Fsp3) is 0.647. The molecule has 1 unspecified atom stereocenters. The average molecular weight is 275 g/mol. The highest BCUT2D eigenvalue weighted by molar-refractivity contribution is 5.46. The van der Waals surface area contributed by atoms with Gasteiger partial charge >= 0.3 is 0 Å². The van der Waals surface area contributed by atoms with Crippen LogP contribution in [0.1, 0.15) is 24.8 Å². The van der Waals surface area contributed by atoms with Crippen LogP contribution in [-0.4, -0.2) is 45.2 Å². The smallest absolute Gasteiger partial charge is 0.0361 e. The van der Waals surface area contributed by atoms with E-state index >= 15 is 0 Å². The molecule has 112 valence electrons. The fourth-order valence-corrected chi connectivity index (χ4v) is 2.99. The maximum Gasteiger partial charge on any atom is 0.0361 e. The number of hydrogen-bond donors (Lipinski definition) is 1. The number of nitrogens with two attached hydrogens (primary N) is 1. The van der Waals surface area contributed by atoms with Gasteiger partial charge < -0.3 is 15.5 Å². The molecule has 1 saturated heterocycles. The van der Waals surface area contributed by atoms with E-state index in [4.69, 9.17) is 5.73 Å². The molecule has 1 aliphatic rings. The van der Waals surface area contributed by atoms with E-state index in [1.807, 2.05) is 0 Å². The van der Waals surface area contributed by atoms with Gasteiger partial charge in [0.1, 0.15) is 0 Å². The van der Waals surface area contributed by atoms with Crippen molar-refractivity contribution in [1.29, 1.82) is 0 Å². The summed E-state index contributed by atoms with van der Waals surface area (Å²) in [5.41, 5.74) is 8.65. The summed E-state index contributed by atoms with van der Waals surface area (Å²) in [5, 5.41) is 0. The Hall–Kier alpha value is -1.06. The molecule has 3 heteroatoms. The molecular weight excluding hydrogens is 246 g/mol. The predicted octanol–water partition coefficient (Wildman–Crippen LogP) is 2.36. The molecule has 2 rings (SSSR count). The zero-order chi connectivity index (χ0) is 14.4. The molecule has 1 fully saturated rings. The maximum absolute atomic E-state index is 5.98. The lowest BCUT2D eigenvalue weighted by atomic mass is 9.97. The Morgan fingerprint density at radius 1 is 1.10 bits per heavy atom. The summed E-state index contributed by atoms with van der Waals surface area (Å²) in [5.74, 6) is 0.582. The third-order valence-electron chi connectivity index (χ3n) is 4.28. The molecule has 1 aromatic rings. The first-order valence-electron chi connectivity index (χ1n) is 7.87. The fourth-order valence-electron chi connectivity index (χ4n) is 2.99.